The van der Waals surface area contributed by atoms with E-state index in [-0.39, 0.29) is 0 Å². The van der Waals surface area contributed by atoms with Gasteiger partial charge in [-0.2, -0.15) is 0 Å². The summed E-state index contributed by atoms with van der Waals surface area (Å²) in [6, 6.07) is 6.64. The van der Waals surface area contributed by atoms with E-state index in [2.05, 4.69) is 54.2 Å². The molecule has 96 valence electrons. The number of hydrogen-bond acceptors (Lipinski definition) is 1. The highest BCUT2D eigenvalue weighted by Crippen LogP contribution is 2.23. The van der Waals surface area contributed by atoms with Crippen molar-refractivity contribution >= 4 is 27.5 Å². The highest BCUT2D eigenvalue weighted by Gasteiger charge is 2.12. The molecule has 1 aromatic rings. The highest BCUT2D eigenvalue weighted by atomic mass is 79.9. The van der Waals surface area contributed by atoms with Crippen molar-refractivity contribution in [2.45, 2.75) is 39.7 Å². The van der Waals surface area contributed by atoms with Gasteiger partial charge in [0, 0.05) is 15.5 Å². The summed E-state index contributed by atoms with van der Waals surface area (Å²) in [6.45, 7) is 7.67. The molecule has 17 heavy (non-hydrogen) atoms. The van der Waals surface area contributed by atoms with Crippen LogP contribution in [-0.4, -0.2) is 12.6 Å². The zero-order valence-corrected chi connectivity index (χ0v) is 13.1. The van der Waals surface area contributed by atoms with Gasteiger partial charge in [-0.3, -0.25) is 0 Å². The predicted octanol–water partition coefficient (Wildman–Crippen LogP) is 4.67. The van der Waals surface area contributed by atoms with Crippen molar-refractivity contribution in [3.8, 4) is 0 Å². The van der Waals surface area contributed by atoms with Crippen LogP contribution < -0.4 is 5.32 Å². The average Bonchev–Trinajstić information content (AvgIpc) is 2.21. The number of benzene rings is 1. The van der Waals surface area contributed by atoms with E-state index in [0.717, 1.165) is 22.5 Å². The van der Waals surface area contributed by atoms with Crippen LogP contribution in [0.3, 0.4) is 0 Å². The maximum atomic E-state index is 6.25. The first-order chi connectivity index (χ1) is 8.02. The lowest BCUT2D eigenvalue weighted by atomic mass is 9.97. The number of likely N-dealkylation sites (N-methyl/N-ethyl adjacent to an activating group) is 1. The second kappa shape index (κ2) is 7.40. The van der Waals surface area contributed by atoms with Crippen LogP contribution in [0.5, 0.6) is 0 Å². The molecule has 0 saturated heterocycles. The van der Waals surface area contributed by atoms with Gasteiger partial charge in [-0.05, 0) is 43.0 Å². The molecule has 0 fully saturated rings. The highest BCUT2D eigenvalue weighted by molar-refractivity contribution is 9.10. The van der Waals surface area contributed by atoms with Gasteiger partial charge in [0.05, 0.1) is 0 Å². The van der Waals surface area contributed by atoms with Gasteiger partial charge in [0.15, 0.2) is 0 Å². The van der Waals surface area contributed by atoms with Gasteiger partial charge in [-0.15, -0.1) is 0 Å². The van der Waals surface area contributed by atoms with E-state index in [0.29, 0.717) is 12.0 Å². The number of rotatable bonds is 6. The summed E-state index contributed by atoms with van der Waals surface area (Å²) >= 11 is 9.69. The number of nitrogens with one attached hydrogen (secondary N) is 1. The Morgan fingerprint density at radius 3 is 2.59 bits per heavy atom. The number of hydrogen-bond donors (Lipinski definition) is 1. The lowest BCUT2D eigenvalue weighted by Gasteiger charge is -2.20. The molecule has 0 heterocycles. The van der Waals surface area contributed by atoms with Gasteiger partial charge in [-0.25, -0.2) is 0 Å². The van der Waals surface area contributed by atoms with E-state index in [9.17, 15) is 0 Å². The molecule has 1 N–H and O–H groups in total. The minimum atomic E-state index is 0.513. The van der Waals surface area contributed by atoms with Crippen molar-refractivity contribution < 1.29 is 0 Å². The van der Waals surface area contributed by atoms with Gasteiger partial charge < -0.3 is 5.32 Å². The second-order valence-electron chi connectivity index (χ2n) is 4.82. The van der Waals surface area contributed by atoms with E-state index < -0.39 is 0 Å². The molecule has 0 bridgehead atoms. The molecule has 1 rings (SSSR count). The monoisotopic (exact) mass is 317 g/mol. The van der Waals surface area contributed by atoms with E-state index in [1.165, 1.54) is 12.0 Å². The lowest BCUT2D eigenvalue weighted by molar-refractivity contribution is 0.424. The first kappa shape index (κ1) is 15.0. The van der Waals surface area contributed by atoms with Crippen LogP contribution in [-0.2, 0) is 6.42 Å². The summed E-state index contributed by atoms with van der Waals surface area (Å²) in [4.78, 5) is 0. The summed E-state index contributed by atoms with van der Waals surface area (Å²) in [5.74, 6) is 0.702. The topological polar surface area (TPSA) is 12.0 Å². The molecule has 3 heteroatoms. The normalized spacial score (nSPS) is 13.1. The fraction of sp³-hybridized carbons (Fsp3) is 0.571. The Morgan fingerprint density at radius 1 is 1.35 bits per heavy atom. The molecule has 0 aliphatic rings. The Balaban J connectivity index is 2.71. The molecule has 1 atom stereocenters. The second-order valence-corrected chi connectivity index (χ2v) is 6.15. The molecule has 0 radical (unpaired) electrons. The van der Waals surface area contributed by atoms with E-state index in [4.69, 9.17) is 11.6 Å². The summed E-state index contributed by atoms with van der Waals surface area (Å²) in [5.41, 5.74) is 1.22. The van der Waals surface area contributed by atoms with Crippen LogP contribution in [0.15, 0.2) is 22.7 Å². The SMILES string of the molecule is CCNC(Cc1ccc(Br)cc1Cl)CC(C)C. The molecule has 1 aromatic carbocycles. The van der Waals surface area contributed by atoms with Crippen molar-refractivity contribution in [3.05, 3.63) is 33.3 Å². The molecule has 1 unspecified atom stereocenters. The van der Waals surface area contributed by atoms with Crippen molar-refractivity contribution in [1.29, 1.82) is 0 Å². The maximum Gasteiger partial charge on any atom is 0.0449 e. The Bertz CT molecular complexity index is 352. The van der Waals surface area contributed by atoms with Crippen molar-refractivity contribution in [2.75, 3.05) is 6.54 Å². The maximum absolute atomic E-state index is 6.25. The van der Waals surface area contributed by atoms with Gasteiger partial charge >= 0.3 is 0 Å². The molecule has 0 amide bonds. The van der Waals surface area contributed by atoms with E-state index in [1.807, 2.05) is 6.07 Å². The zero-order chi connectivity index (χ0) is 12.8. The first-order valence-corrected chi connectivity index (χ1v) is 7.37. The standard InChI is InChI=1S/C14H21BrClN/c1-4-17-13(7-10(2)3)8-11-5-6-12(15)9-14(11)16/h5-6,9-10,13,17H,4,7-8H2,1-3H3. The number of halogens is 2. The van der Waals surface area contributed by atoms with Crippen LogP contribution in [0.4, 0.5) is 0 Å². The van der Waals surface area contributed by atoms with Gasteiger partial charge in [-0.1, -0.05) is 54.4 Å². The molecule has 0 saturated carbocycles. The zero-order valence-electron chi connectivity index (χ0n) is 10.8. The third-order valence-electron chi connectivity index (χ3n) is 2.73. The molecular formula is C14H21BrClN. The van der Waals surface area contributed by atoms with Crippen LogP contribution in [0.1, 0.15) is 32.8 Å². The molecule has 0 aliphatic carbocycles. The van der Waals surface area contributed by atoms with Crippen LogP contribution in [0, 0.1) is 5.92 Å². The largest absolute Gasteiger partial charge is 0.314 e. The van der Waals surface area contributed by atoms with Crippen molar-refractivity contribution in [2.24, 2.45) is 5.92 Å². The van der Waals surface area contributed by atoms with Crippen LogP contribution in [0.25, 0.3) is 0 Å². The third kappa shape index (κ3) is 5.41. The lowest BCUT2D eigenvalue weighted by Crippen LogP contribution is -2.32. The van der Waals surface area contributed by atoms with Crippen molar-refractivity contribution in [1.82, 2.24) is 5.32 Å². The molecular weight excluding hydrogens is 298 g/mol. The molecule has 0 aliphatic heterocycles. The Morgan fingerprint density at radius 2 is 2.06 bits per heavy atom. The van der Waals surface area contributed by atoms with Gasteiger partial charge in [0.2, 0.25) is 0 Å². The van der Waals surface area contributed by atoms with Crippen molar-refractivity contribution in [3.63, 3.8) is 0 Å². The third-order valence-corrected chi connectivity index (χ3v) is 3.58. The van der Waals surface area contributed by atoms with Gasteiger partial charge in [0.25, 0.3) is 0 Å². The minimum absolute atomic E-state index is 0.513. The Labute approximate surface area is 118 Å². The summed E-state index contributed by atoms with van der Waals surface area (Å²) < 4.78 is 1.04. The fourth-order valence-electron chi connectivity index (χ4n) is 2.05. The van der Waals surface area contributed by atoms with E-state index >= 15 is 0 Å². The summed E-state index contributed by atoms with van der Waals surface area (Å²) in [5, 5.41) is 4.39. The Kier molecular flexibility index (Phi) is 6.53. The smallest absolute Gasteiger partial charge is 0.0449 e. The first-order valence-electron chi connectivity index (χ1n) is 6.20. The van der Waals surface area contributed by atoms with Crippen LogP contribution >= 0.6 is 27.5 Å². The molecule has 0 spiro atoms. The van der Waals surface area contributed by atoms with E-state index in [1.54, 1.807) is 0 Å². The average molecular weight is 319 g/mol. The van der Waals surface area contributed by atoms with Crippen LogP contribution in [0.2, 0.25) is 5.02 Å². The summed E-state index contributed by atoms with van der Waals surface area (Å²) in [7, 11) is 0. The molecule has 0 aromatic heterocycles. The molecule has 1 nitrogen and oxygen atoms in total. The minimum Gasteiger partial charge on any atom is -0.314 e. The fourth-order valence-corrected chi connectivity index (χ4v) is 2.80. The predicted molar refractivity (Wildman–Crippen MR) is 79.8 cm³/mol. The summed E-state index contributed by atoms with van der Waals surface area (Å²) in [6.07, 6.45) is 2.18. The quantitative estimate of drug-likeness (QED) is 0.803. The van der Waals surface area contributed by atoms with Gasteiger partial charge in [0.1, 0.15) is 0 Å². The Hall–Kier alpha value is -0.0500.